The Balaban J connectivity index is 1.16. The molecule has 0 atom stereocenters. The molecule has 0 amide bonds. The monoisotopic (exact) mass is 754 g/mol. The lowest BCUT2D eigenvalue weighted by molar-refractivity contribution is -0.120. The van der Waals surface area contributed by atoms with Gasteiger partial charge in [0.1, 0.15) is 11.6 Å². The van der Waals surface area contributed by atoms with Crippen LogP contribution in [-0.4, -0.2) is 24.3 Å². The quantitative estimate of drug-likeness (QED) is 0.123. The van der Waals surface area contributed by atoms with Gasteiger partial charge in [-0.05, 0) is 135 Å². The third kappa shape index (κ3) is 5.90. The van der Waals surface area contributed by atoms with Gasteiger partial charge in [0.15, 0.2) is 0 Å². The van der Waals surface area contributed by atoms with E-state index in [9.17, 15) is 19.1 Å². The van der Waals surface area contributed by atoms with Gasteiger partial charge in [0.05, 0.1) is 5.56 Å². The second-order valence-electron chi connectivity index (χ2n) is 14.4. The number of ether oxygens (including phenoxy) is 1. The number of carboxylic acid groups (broad SMARTS) is 1. The molecule has 8 heteroatoms. The third-order valence-electron chi connectivity index (χ3n) is 11.1. The predicted octanol–water partition coefficient (Wildman–Crippen LogP) is 10.1. The summed E-state index contributed by atoms with van der Waals surface area (Å²) in [5.74, 6) is -0.764. The van der Waals surface area contributed by atoms with Crippen LogP contribution in [0.5, 0.6) is 5.75 Å². The first-order chi connectivity index (χ1) is 28.4. The van der Waals surface area contributed by atoms with Crippen molar-refractivity contribution in [2.24, 2.45) is 0 Å². The lowest BCUT2D eigenvalue weighted by atomic mass is 9.33. The number of rotatable bonds is 8. The average Bonchev–Trinajstić information content (AvgIpc) is 3.27. The molecule has 8 aromatic rings. The minimum atomic E-state index is -0.956. The Morgan fingerprint density at radius 2 is 0.931 bits per heavy atom. The van der Waals surface area contributed by atoms with E-state index < -0.39 is 5.97 Å². The van der Waals surface area contributed by atoms with E-state index in [2.05, 4.69) is 119 Å². The van der Waals surface area contributed by atoms with Crippen molar-refractivity contribution in [3.05, 3.63) is 193 Å². The lowest BCUT2D eigenvalue weighted by Gasteiger charge is -2.44. The van der Waals surface area contributed by atoms with Crippen molar-refractivity contribution in [1.82, 2.24) is 0 Å². The van der Waals surface area contributed by atoms with Crippen LogP contribution in [0.1, 0.15) is 10.4 Å². The second kappa shape index (κ2) is 14.1. The van der Waals surface area contributed by atoms with E-state index in [-0.39, 0.29) is 18.1 Å². The van der Waals surface area contributed by atoms with Gasteiger partial charge in [0, 0.05) is 34.1 Å². The van der Waals surface area contributed by atoms with Crippen molar-refractivity contribution in [3.8, 4) is 39.1 Å². The summed E-state index contributed by atoms with van der Waals surface area (Å²) in [6.45, 7) is 0.361. The van der Waals surface area contributed by atoms with Crippen LogP contribution in [0.3, 0.4) is 0 Å². The van der Waals surface area contributed by atoms with Crippen LogP contribution < -0.4 is 30.9 Å². The van der Waals surface area contributed by atoms with Crippen molar-refractivity contribution in [1.29, 1.82) is 0 Å². The highest BCUT2D eigenvalue weighted by atomic mass is 19.1. The summed E-state index contributed by atoms with van der Waals surface area (Å²) in [5, 5.41) is 9.43. The normalized spacial score (nSPS) is 12.3. The fraction of sp³-hybridized carbons (Fsp3) is 0. The average molecular weight is 755 g/mol. The zero-order valence-corrected chi connectivity index (χ0v) is 30.9. The zero-order chi connectivity index (χ0) is 39.3. The van der Waals surface area contributed by atoms with Crippen molar-refractivity contribution >= 4 is 69.7 Å². The summed E-state index contributed by atoms with van der Waals surface area (Å²) >= 11 is 0. The first-order valence-electron chi connectivity index (χ1n) is 18.9. The molecule has 2 aliphatic rings. The minimum Gasteiger partial charge on any atom is -0.478 e. The van der Waals surface area contributed by atoms with Crippen LogP contribution in [0, 0.1) is 5.82 Å². The number of halogens is 1. The van der Waals surface area contributed by atoms with Crippen molar-refractivity contribution in [3.63, 3.8) is 0 Å². The molecule has 1 N–H and O–H groups in total. The Kier molecular flexibility index (Phi) is 8.45. The summed E-state index contributed by atoms with van der Waals surface area (Å²) in [7, 11) is 0. The number of benzene rings is 8. The van der Waals surface area contributed by atoms with Gasteiger partial charge in [0.25, 0.3) is 13.2 Å². The van der Waals surface area contributed by atoms with Crippen LogP contribution in [0.4, 0.5) is 38.5 Å². The lowest BCUT2D eigenvalue weighted by Crippen LogP contribution is -2.61. The fourth-order valence-corrected chi connectivity index (χ4v) is 8.46. The molecule has 0 spiro atoms. The highest BCUT2D eigenvalue weighted by Crippen LogP contribution is 2.46. The topological polar surface area (TPSA) is 70.1 Å². The van der Waals surface area contributed by atoms with Gasteiger partial charge >= 0.3 is 5.97 Å². The van der Waals surface area contributed by atoms with Crippen LogP contribution in [-0.2, 0) is 4.79 Å². The van der Waals surface area contributed by atoms with E-state index >= 15 is 0 Å². The number of carboxylic acids is 1. The molecule has 2 aliphatic heterocycles. The van der Waals surface area contributed by atoms with E-state index in [4.69, 9.17) is 4.74 Å². The highest BCUT2D eigenvalue weighted by molar-refractivity contribution is 7.00. The van der Waals surface area contributed by atoms with Gasteiger partial charge in [-0.25, -0.2) is 9.18 Å². The van der Waals surface area contributed by atoms with Gasteiger partial charge in [-0.1, -0.05) is 97.1 Å². The maximum Gasteiger partial charge on any atom is 0.335 e. The number of carbonyl (C=O) groups is 2. The van der Waals surface area contributed by atoms with Crippen LogP contribution in [0.25, 0.3) is 33.4 Å². The molecule has 0 saturated carbocycles. The Morgan fingerprint density at radius 3 is 1.40 bits per heavy atom. The molecule has 6 nitrogen and oxygen atoms in total. The smallest absolute Gasteiger partial charge is 0.335 e. The molecule has 58 heavy (non-hydrogen) atoms. The fourth-order valence-electron chi connectivity index (χ4n) is 8.46. The summed E-state index contributed by atoms with van der Waals surface area (Å²) in [4.78, 5) is 27.0. The van der Waals surface area contributed by atoms with Crippen molar-refractivity contribution < 1.29 is 23.8 Å². The number of anilines is 6. The molecule has 0 fully saturated rings. The largest absolute Gasteiger partial charge is 0.478 e. The molecule has 2 heterocycles. The Labute approximate surface area is 334 Å². The third-order valence-corrected chi connectivity index (χ3v) is 11.1. The molecule has 10 rings (SSSR count). The molecule has 0 saturated heterocycles. The van der Waals surface area contributed by atoms with Crippen LogP contribution in [0.15, 0.2) is 182 Å². The maximum atomic E-state index is 14.3. The van der Waals surface area contributed by atoms with E-state index in [0.29, 0.717) is 12.2 Å². The van der Waals surface area contributed by atoms with Crippen LogP contribution >= 0.6 is 0 Å². The molecule has 8 aromatic carbocycles. The van der Waals surface area contributed by atoms with Crippen molar-refractivity contribution in [2.75, 3.05) is 9.80 Å². The summed E-state index contributed by atoms with van der Waals surface area (Å²) in [6, 6.07) is 59.5. The number of hydrogen-bond donors (Lipinski definition) is 1. The molecular formula is C50H32BFN2O4. The van der Waals surface area contributed by atoms with Gasteiger partial charge < -0.3 is 19.6 Å². The number of hydrogen-bond acceptors (Lipinski definition) is 5. The second-order valence-corrected chi connectivity index (χ2v) is 14.4. The standard InChI is InChI=1S/C50H32BFN2O4/c52-39-21-13-36(14-22-39)38-29-47-49-48(30-38)54(41-25-17-34(18-26-41)35-19-27-42(28-20-35)58-31-55)46-8-4-2-6-44(46)51(49)43-5-1-3-7-45(43)53(47)40-23-15-33(16-24-40)32-9-11-37(12-10-32)50(56)57/h1-31H,(H,56,57). The van der Waals surface area contributed by atoms with Gasteiger partial charge in [-0.3, -0.25) is 4.79 Å². The number of aromatic carboxylic acids is 1. The van der Waals surface area contributed by atoms with E-state index in [1.807, 2.05) is 36.4 Å². The Hall–Kier alpha value is -7.71. The number of carbonyl (C=O) groups excluding carboxylic acids is 1. The SMILES string of the molecule is O=COc1ccc(-c2ccc(N3c4ccccc4B4c5ccccc5N(c5ccc(-c6ccc(C(=O)O)cc6)cc5)c5cc(-c6ccc(F)cc6)cc3c54)cc2)cc1. The number of fused-ring (bicyclic) bond motifs is 4. The molecule has 0 aliphatic carbocycles. The Bertz CT molecular complexity index is 2860. The first kappa shape index (κ1) is 34.8. The molecule has 0 radical (unpaired) electrons. The molecule has 276 valence electrons. The Morgan fingerprint density at radius 1 is 0.517 bits per heavy atom. The van der Waals surface area contributed by atoms with Crippen LogP contribution in [0.2, 0.25) is 0 Å². The minimum absolute atomic E-state index is 0.0643. The van der Waals surface area contributed by atoms with E-state index in [1.165, 1.54) is 23.1 Å². The molecule has 0 unspecified atom stereocenters. The van der Waals surface area contributed by atoms with E-state index in [0.717, 1.165) is 73.0 Å². The summed E-state index contributed by atoms with van der Waals surface area (Å²) < 4.78 is 19.3. The van der Waals surface area contributed by atoms with Gasteiger partial charge in [-0.15, -0.1) is 0 Å². The predicted molar refractivity (Wildman–Crippen MR) is 230 cm³/mol. The van der Waals surface area contributed by atoms with Gasteiger partial charge in [0.2, 0.25) is 0 Å². The maximum absolute atomic E-state index is 14.3. The molecule has 0 bridgehead atoms. The summed E-state index contributed by atoms with van der Waals surface area (Å²) in [5.41, 5.74) is 15.7. The number of para-hydroxylation sites is 2. The van der Waals surface area contributed by atoms with Crippen molar-refractivity contribution in [2.45, 2.75) is 0 Å². The highest BCUT2D eigenvalue weighted by Gasteiger charge is 2.43. The number of nitrogens with zero attached hydrogens (tertiary/aromatic N) is 2. The summed E-state index contributed by atoms with van der Waals surface area (Å²) in [6.07, 6.45) is 0. The molecule has 0 aromatic heterocycles. The van der Waals surface area contributed by atoms with Gasteiger partial charge in [-0.2, -0.15) is 0 Å². The zero-order valence-electron chi connectivity index (χ0n) is 30.9. The first-order valence-corrected chi connectivity index (χ1v) is 18.9. The van der Waals surface area contributed by atoms with E-state index in [1.54, 1.807) is 24.3 Å². The molecular weight excluding hydrogens is 722 g/mol.